The van der Waals surface area contributed by atoms with Crippen LogP contribution in [0.5, 0.6) is 0 Å². The van der Waals surface area contributed by atoms with Crippen LogP contribution in [0.15, 0.2) is 50.6 Å². The van der Waals surface area contributed by atoms with Crippen LogP contribution in [-0.2, 0) is 16.4 Å². The highest BCUT2D eigenvalue weighted by Gasteiger charge is 2.21. The highest BCUT2D eigenvalue weighted by Crippen LogP contribution is 2.24. The van der Waals surface area contributed by atoms with Crippen molar-refractivity contribution in [1.29, 1.82) is 0 Å². The fraction of sp³-hybridized carbons (Fsp3) is 0.176. The molecule has 0 atom stereocenters. The molecule has 4 aromatic rings. The molecule has 0 unspecified atom stereocenters. The number of fused-ring (bicyclic) bond motifs is 1. The number of hydrogen-bond acceptors (Lipinski definition) is 7. The zero-order valence-corrected chi connectivity index (χ0v) is 16.1. The number of sulfone groups is 1. The van der Waals surface area contributed by atoms with Crippen molar-refractivity contribution in [3.8, 4) is 0 Å². The number of H-pyrrole nitrogens is 1. The number of aromatic nitrogens is 5. The van der Waals surface area contributed by atoms with E-state index in [1.165, 1.54) is 45.8 Å². The Morgan fingerprint density at radius 1 is 1.22 bits per heavy atom. The van der Waals surface area contributed by atoms with E-state index in [0.29, 0.717) is 21.5 Å². The number of thiazole rings is 1. The molecule has 0 spiro atoms. The fourth-order valence-corrected chi connectivity index (χ4v) is 4.95. The third-order valence-corrected chi connectivity index (χ3v) is 6.64. The molecule has 0 saturated carbocycles. The molecule has 0 aliphatic carbocycles. The molecule has 138 valence electrons. The lowest BCUT2D eigenvalue weighted by Crippen LogP contribution is -2.23. The summed E-state index contributed by atoms with van der Waals surface area (Å²) in [5.41, 5.74) is 1.28. The number of benzene rings is 1. The van der Waals surface area contributed by atoms with Gasteiger partial charge in [0.15, 0.2) is 5.03 Å². The van der Waals surface area contributed by atoms with Gasteiger partial charge in [0.05, 0.1) is 33.7 Å². The second kappa shape index (κ2) is 6.39. The summed E-state index contributed by atoms with van der Waals surface area (Å²) in [5, 5.41) is 14.1. The van der Waals surface area contributed by atoms with Crippen LogP contribution < -0.4 is 5.56 Å². The van der Waals surface area contributed by atoms with E-state index in [0.717, 1.165) is 5.69 Å². The van der Waals surface area contributed by atoms with Crippen LogP contribution in [0.4, 0.5) is 0 Å². The van der Waals surface area contributed by atoms with Gasteiger partial charge in [0, 0.05) is 16.5 Å². The number of aryl methyl sites for hydroxylation is 2. The summed E-state index contributed by atoms with van der Waals surface area (Å²) in [6, 6.07) is 6.23. The Labute approximate surface area is 158 Å². The molecule has 3 aromatic heterocycles. The number of aromatic amines is 1. The number of nitrogens with zero attached hydrogens (tertiary/aromatic N) is 4. The SMILES string of the molecule is Cc1cc(Cn2ncc3cc(S(=O)(=O)c4csc(C)n4)ccc3c2=O)n[nH]1. The van der Waals surface area contributed by atoms with Crippen LogP contribution in [0.1, 0.15) is 16.4 Å². The number of nitrogens with one attached hydrogen (secondary N) is 1. The Kier molecular flexibility index (Phi) is 4.16. The van der Waals surface area contributed by atoms with E-state index in [1.54, 1.807) is 6.92 Å². The smallest absolute Gasteiger partial charge is 0.274 e. The average molecular weight is 401 g/mol. The summed E-state index contributed by atoms with van der Waals surface area (Å²) >= 11 is 1.27. The van der Waals surface area contributed by atoms with Gasteiger partial charge in [-0.15, -0.1) is 11.3 Å². The molecule has 0 aliphatic rings. The Hall–Kier alpha value is -2.85. The Morgan fingerprint density at radius 3 is 2.70 bits per heavy atom. The van der Waals surface area contributed by atoms with Gasteiger partial charge in [-0.25, -0.2) is 18.1 Å². The third-order valence-electron chi connectivity index (χ3n) is 4.08. The maximum absolute atomic E-state index is 12.7. The molecule has 0 radical (unpaired) electrons. The Morgan fingerprint density at radius 2 is 2.04 bits per heavy atom. The molecule has 10 heteroatoms. The molecule has 0 aliphatic heterocycles. The van der Waals surface area contributed by atoms with Gasteiger partial charge in [-0.05, 0) is 38.1 Å². The van der Waals surface area contributed by atoms with Crippen LogP contribution in [0, 0.1) is 13.8 Å². The van der Waals surface area contributed by atoms with Crippen LogP contribution in [0.3, 0.4) is 0 Å². The summed E-state index contributed by atoms with van der Waals surface area (Å²) in [5.74, 6) is 0. The predicted molar refractivity (Wildman–Crippen MR) is 101 cm³/mol. The predicted octanol–water partition coefficient (Wildman–Crippen LogP) is 2.07. The third kappa shape index (κ3) is 3.17. The summed E-state index contributed by atoms with van der Waals surface area (Å²) < 4.78 is 26.7. The van der Waals surface area contributed by atoms with Crippen molar-refractivity contribution in [2.75, 3.05) is 0 Å². The monoisotopic (exact) mass is 401 g/mol. The Balaban J connectivity index is 1.76. The van der Waals surface area contributed by atoms with E-state index in [9.17, 15) is 13.2 Å². The number of hydrogen-bond donors (Lipinski definition) is 1. The normalized spacial score (nSPS) is 11.9. The van der Waals surface area contributed by atoms with E-state index in [-0.39, 0.29) is 22.0 Å². The van der Waals surface area contributed by atoms with Gasteiger partial charge in [0.2, 0.25) is 9.84 Å². The summed E-state index contributed by atoms with van der Waals surface area (Å²) in [7, 11) is -3.73. The lowest BCUT2D eigenvalue weighted by atomic mass is 10.2. The summed E-state index contributed by atoms with van der Waals surface area (Å²) in [6.45, 7) is 3.85. The minimum absolute atomic E-state index is 0.0135. The first-order chi connectivity index (χ1) is 12.8. The maximum atomic E-state index is 12.7. The summed E-state index contributed by atoms with van der Waals surface area (Å²) in [6.07, 6.45) is 1.49. The molecule has 4 rings (SSSR count). The standard InChI is InChI=1S/C17H15N5O3S2/c1-10-5-13(21-20-10)8-22-17(23)15-4-3-14(6-12(15)7-18-22)27(24,25)16-9-26-11(2)19-16/h3-7,9H,8H2,1-2H3,(H,20,21). The Bertz CT molecular complexity index is 1320. The van der Waals surface area contributed by atoms with Crippen molar-refractivity contribution >= 4 is 31.9 Å². The van der Waals surface area contributed by atoms with E-state index in [4.69, 9.17) is 0 Å². The van der Waals surface area contributed by atoms with Crippen molar-refractivity contribution < 1.29 is 8.42 Å². The van der Waals surface area contributed by atoms with Gasteiger partial charge in [0.25, 0.3) is 5.56 Å². The first-order valence-corrected chi connectivity index (χ1v) is 10.4. The van der Waals surface area contributed by atoms with Gasteiger partial charge < -0.3 is 0 Å². The lowest BCUT2D eigenvalue weighted by Gasteiger charge is -2.06. The lowest BCUT2D eigenvalue weighted by molar-refractivity contribution is 0.593. The first-order valence-electron chi connectivity index (χ1n) is 8.02. The van der Waals surface area contributed by atoms with Crippen molar-refractivity contribution in [2.45, 2.75) is 30.3 Å². The molecule has 27 heavy (non-hydrogen) atoms. The topological polar surface area (TPSA) is 111 Å². The minimum Gasteiger partial charge on any atom is -0.283 e. The largest absolute Gasteiger partial charge is 0.283 e. The van der Waals surface area contributed by atoms with Crippen molar-refractivity contribution in [3.63, 3.8) is 0 Å². The van der Waals surface area contributed by atoms with Gasteiger partial charge in [-0.2, -0.15) is 10.2 Å². The van der Waals surface area contributed by atoms with Crippen molar-refractivity contribution in [1.82, 2.24) is 25.0 Å². The molecular weight excluding hydrogens is 386 g/mol. The molecular formula is C17H15N5O3S2. The maximum Gasteiger partial charge on any atom is 0.274 e. The zero-order chi connectivity index (χ0) is 19.2. The molecule has 3 heterocycles. The molecule has 1 N–H and O–H groups in total. The van der Waals surface area contributed by atoms with Crippen molar-refractivity contribution in [3.05, 3.63) is 62.6 Å². The first kappa shape index (κ1) is 17.6. The zero-order valence-electron chi connectivity index (χ0n) is 14.5. The molecule has 0 bridgehead atoms. The van der Waals surface area contributed by atoms with Gasteiger partial charge >= 0.3 is 0 Å². The number of rotatable bonds is 4. The average Bonchev–Trinajstić information content (AvgIpc) is 3.26. The van der Waals surface area contributed by atoms with Crippen LogP contribution >= 0.6 is 11.3 Å². The van der Waals surface area contributed by atoms with E-state index in [1.807, 2.05) is 13.0 Å². The molecule has 0 fully saturated rings. The van der Waals surface area contributed by atoms with Crippen LogP contribution in [0.2, 0.25) is 0 Å². The molecule has 0 saturated heterocycles. The second-order valence-corrected chi connectivity index (χ2v) is 9.07. The highest BCUT2D eigenvalue weighted by molar-refractivity contribution is 7.91. The molecule has 8 nitrogen and oxygen atoms in total. The molecule has 0 amide bonds. The summed E-state index contributed by atoms with van der Waals surface area (Å²) in [4.78, 5) is 16.8. The highest BCUT2D eigenvalue weighted by atomic mass is 32.2. The van der Waals surface area contributed by atoms with Crippen molar-refractivity contribution in [2.24, 2.45) is 0 Å². The van der Waals surface area contributed by atoms with Gasteiger partial charge in [0.1, 0.15) is 0 Å². The van der Waals surface area contributed by atoms with E-state index >= 15 is 0 Å². The fourth-order valence-electron chi connectivity index (χ4n) is 2.74. The second-order valence-electron chi connectivity index (χ2n) is 6.11. The minimum atomic E-state index is -3.73. The molecule has 1 aromatic carbocycles. The quantitative estimate of drug-likeness (QED) is 0.560. The van der Waals surface area contributed by atoms with Gasteiger partial charge in [-0.3, -0.25) is 9.89 Å². The van der Waals surface area contributed by atoms with Gasteiger partial charge in [-0.1, -0.05) is 0 Å². The van der Waals surface area contributed by atoms with Crippen LogP contribution in [0.25, 0.3) is 10.8 Å². The van der Waals surface area contributed by atoms with E-state index < -0.39 is 9.84 Å². The van der Waals surface area contributed by atoms with E-state index in [2.05, 4.69) is 20.3 Å². The van der Waals surface area contributed by atoms with Crippen LogP contribution in [-0.4, -0.2) is 33.4 Å².